The summed E-state index contributed by atoms with van der Waals surface area (Å²) in [6, 6.07) is 5.83. The summed E-state index contributed by atoms with van der Waals surface area (Å²) in [6.45, 7) is 2.61. The molecule has 2 aromatic heterocycles. The molecule has 0 bridgehead atoms. The second kappa shape index (κ2) is 5.64. The minimum absolute atomic E-state index is 0.0825. The first kappa shape index (κ1) is 12.6. The Morgan fingerprint density at radius 1 is 1.56 bits per heavy atom. The van der Waals surface area contributed by atoms with Crippen LogP contribution in [-0.2, 0) is 0 Å². The van der Waals surface area contributed by atoms with Gasteiger partial charge >= 0.3 is 0 Å². The molecular weight excluding hydrogens is 228 g/mol. The molecule has 0 fully saturated rings. The lowest BCUT2D eigenvalue weighted by molar-refractivity contribution is 0.0954. The van der Waals surface area contributed by atoms with Gasteiger partial charge in [0, 0.05) is 18.8 Å². The normalized spacial score (nSPS) is 12.6. The fourth-order valence-corrected chi connectivity index (χ4v) is 1.83. The van der Waals surface area contributed by atoms with Gasteiger partial charge in [-0.2, -0.15) is 5.10 Å². The van der Waals surface area contributed by atoms with Gasteiger partial charge in [-0.1, -0.05) is 6.07 Å². The Bertz CT molecular complexity index is 533. The number of carbonyl (C=O) groups excluding carboxylic acids is 1. The molecule has 0 aliphatic heterocycles. The summed E-state index contributed by atoms with van der Waals surface area (Å²) in [5.74, 6) is -0.0825. The molecular formula is C13H18N4O. The van der Waals surface area contributed by atoms with Crippen molar-refractivity contribution >= 4 is 11.4 Å². The molecule has 0 spiro atoms. The zero-order chi connectivity index (χ0) is 13.0. The van der Waals surface area contributed by atoms with Crippen molar-refractivity contribution in [2.24, 2.45) is 5.73 Å². The van der Waals surface area contributed by atoms with E-state index in [1.807, 2.05) is 31.3 Å². The van der Waals surface area contributed by atoms with Crippen molar-refractivity contribution in [1.82, 2.24) is 14.9 Å². The van der Waals surface area contributed by atoms with Gasteiger partial charge in [0.2, 0.25) is 0 Å². The highest BCUT2D eigenvalue weighted by Gasteiger charge is 2.11. The Balaban J connectivity index is 1.97. The minimum Gasteiger partial charge on any atom is -0.352 e. The molecule has 2 heterocycles. The first-order valence-electron chi connectivity index (χ1n) is 6.14. The van der Waals surface area contributed by atoms with Crippen LogP contribution >= 0.6 is 0 Å². The summed E-state index contributed by atoms with van der Waals surface area (Å²) in [5.41, 5.74) is 7.08. The molecule has 0 aliphatic rings. The maximum atomic E-state index is 12.0. The van der Waals surface area contributed by atoms with Gasteiger partial charge in [-0.15, -0.1) is 0 Å². The number of rotatable bonds is 5. The Morgan fingerprint density at radius 2 is 2.39 bits per heavy atom. The van der Waals surface area contributed by atoms with Crippen LogP contribution < -0.4 is 11.1 Å². The van der Waals surface area contributed by atoms with Gasteiger partial charge in [0.05, 0.1) is 17.3 Å². The zero-order valence-electron chi connectivity index (χ0n) is 10.5. The summed E-state index contributed by atoms with van der Waals surface area (Å²) >= 11 is 0. The molecule has 3 N–H and O–H groups in total. The molecule has 2 aromatic rings. The molecule has 1 atom stereocenters. The van der Waals surface area contributed by atoms with Crippen LogP contribution in [0.1, 0.15) is 30.1 Å². The highest BCUT2D eigenvalue weighted by Crippen LogP contribution is 2.09. The average Bonchev–Trinajstić information content (AvgIpc) is 2.78. The second-order valence-corrected chi connectivity index (χ2v) is 4.46. The van der Waals surface area contributed by atoms with Crippen LogP contribution in [0.4, 0.5) is 0 Å². The number of pyridine rings is 1. The lowest BCUT2D eigenvalue weighted by Crippen LogP contribution is -2.26. The molecule has 0 aromatic carbocycles. The number of hydrogen-bond donors (Lipinski definition) is 2. The Morgan fingerprint density at radius 3 is 3.17 bits per heavy atom. The number of nitrogens with zero attached hydrogens (tertiary/aromatic N) is 2. The van der Waals surface area contributed by atoms with Crippen molar-refractivity contribution < 1.29 is 4.79 Å². The van der Waals surface area contributed by atoms with E-state index in [2.05, 4.69) is 10.4 Å². The van der Waals surface area contributed by atoms with E-state index < -0.39 is 0 Å². The van der Waals surface area contributed by atoms with Crippen molar-refractivity contribution in [3.8, 4) is 0 Å². The molecule has 5 nitrogen and oxygen atoms in total. The van der Waals surface area contributed by atoms with E-state index in [0.29, 0.717) is 12.1 Å². The van der Waals surface area contributed by atoms with Gasteiger partial charge in [0.25, 0.3) is 5.91 Å². The first-order valence-corrected chi connectivity index (χ1v) is 6.14. The maximum Gasteiger partial charge on any atom is 0.255 e. The van der Waals surface area contributed by atoms with Crippen LogP contribution in [0, 0.1) is 0 Å². The average molecular weight is 246 g/mol. The van der Waals surface area contributed by atoms with E-state index in [9.17, 15) is 4.79 Å². The van der Waals surface area contributed by atoms with Crippen LogP contribution in [0.15, 0.2) is 30.6 Å². The molecule has 2 rings (SSSR count). The van der Waals surface area contributed by atoms with E-state index in [1.165, 1.54) is 0 Å². The molecule has 0 radical (unpaired) electrons. The fraction of sp³-hybridized carbons (Fsp3) is 0.385. The van der Waals surface area contributed by atoms with Gasteiger partial charge in [0.1, 0.15) is 0 Å². The summed E-state index contributed by atoms with van der Waals surface area (Å²) in [6.07, 6.45) is 5.22. The summed E-state index contributed by atoms with van der Waals surface area (Å²) < 4.78 is 1.69. The van der Waals surface area contributed by atoms with Crippen molar-refractivity contribution in [2.75, 3.05) is 6.54 Å². The first-order chi connectivity index (χ1) is 8.68. The number of nitrogens with two attached hydrogens (primary N) is 1. The van der Waals surface area contributed by atoms with E-state index in [4.69, 9.17) is 5.73 Å². The monoisotopic (exact) mass is 246 g/mol. The van der Waals surface area contributed by atoms with Crippen molar-refractivity contribution in [3.05, 3.63) is 36.2 Å². The quantitative estimate of drug-likeness (QED) is 0.778. The number of carbonyl (C=O) groups is 1. The van der Waals surface area contributed by atoms with E-state index in [1.54, 1.807) is 10.7 Å². The smallest absolute Gasteiger partial charge is 0.255 e. The number of nitrogens with one attached hydrogen (secondary N) is 1. The summed E-state index contributed by atoms with van der Waals surface area (Å²) in [5, 5.41) is 7.02. The Hall–Kier alpha value is -1.88. The molecule has 0 saturated carbocycles. The predicted octanol–water partition coefficient (Wildman–Crippen LogP) is 1.19. The minimum atomic E-state index is -0.0825. The fourth-order valence-electron chi connectivity index (χ4n) is 1.83. The van der Waals surface area contributed by atoms with Gasteiger partial charge in [-0.3, -0.25) is 4.79 Å². The molecule has 5 heteroatoms. The number of aromatic nitrogens is 2. The Labute approximate surface area is 106 Å². The predicted molar refractivity (Wildman–Crippen MR) is 70.4 cm³/mol. The number of hydrogen-bond acceptors (Lipinski definition) is 3. The van der Waals surface area contributed by atoms with Crippen LogP contribution in [0.3, 0.4) is 0 Å². The lowest BCUT2D eigenvalue weighted by Gasteiger charge is -2.06. The largest absolute Gasteiger partial charge is 0.352 e. The van der Waals surface area contributed by atoms with Crippen LogP contribution in [-0.4, -0.2) is 28.1 Å². The third-order valence-corrected chi connectivity index (χ3v) is 2.79. The van der Waals surface area contributed by atoms with E-state index in [-0.39, 0.29) is 11.9 Å². The zero-order valence-corrected chi connectivity index (χ0v) is 10.5. The molecule has 18 heavy (non-hydrogen) atoms. The van der Waals surface area contributed by atoms with Crippen LogP contribution in [0.25, 0.3) is 5.52 Å². The second-order valence-electron chi connectivity index (χ2n) is 4.46. The molecule has 1 amide bonds. The third kappa shape index (κ3) is 2.87. The molecule has 1 unspecified atom stereocenters. The molecule has 96 valence electrons. The summed E-state index contributed by atoms with van der Waals surface area (Å²) in [7, 11) is 0. The SMILES string of the molecule is CC(N)CCCNC(=O)c1cnn2ccccc12. The van der Waals surface area contributed by atoms with Gasteiger partial charge < -0.3 is 11.1 Å². The highest BCUT2D eigenvalue weighted by molar-refractivity contribution is 6.00. The van der Waals surface area contributed by atoms with Gasteiger partial charge in [-0.05, 0) is 31.9 Å². The van der Waals surface area contributed by atoms with Crippen molar-refractivity contribution in [2.45, 2.75) is 25.8 Å². The lowest BCUT2D eigenvalue weighted by atomic mass is 10.2. The topological polar surface area (TPSA) is 72.4 Å². The van der Waals surface area contributed by atoms with Gasteiger partial charge in [-0.25, -0.2) is 4.52 Å². The summed E-state index contributed by atoms with van der Waals surface area (Å²) in [4.78, 5) is 12.0. The highest BCUT2D eigenvalue weighted by atomic mass is 16.1. The Kier molecular flexibility index (Phi) is 3.94. The molecule has 0 saturated heterocycles. The molecule has 0 aliphatic carbocycles. The standard InChI is InChI=1S/C13H18N4O/c1-10(14)5-4-7-15-13(18)11-9-16-17-8-3-2-6-12(11)17/h2-3,6,8-10H,4-5,7,14H2,1H3,(H,15,18). The van der Waals surface area contributed by atoms with E-state index in [0.717, 1.165) is 18.4 Å². The number of amides is 1. The van der Waals surface area contributed by atoms with Crippen molar-refractivity contribution in [1.29, 1.82) is 0 Å². The van der Waals surface area contributed by atoms with E-state index >= 15 is 0 Å². The maximum absolute atomic E-state index is 12.0. The van der Waals surface area contributed by atoms with Crippen molar-refractivity contribution in [3.63, 3.8) is 0 Å². The van der Waals surface area contributed by atoms with Crippen LogP contribution in [0.2, 0.25) is 0 Å². The van der Waals surface area contributed by atoms with Gasteiger partial charge in [0.15, 0.2) is 0 Å². The van der Waals surface area contributed by atoms with Crippen LogP contribution in [0.5, 0.6) is 0 Å². The third-order valence-electron chi connectivity index (χ3n) is 2.79. The number of fused-ring (bicyclic) bond motifs is 1.